The first-order valence-electron chi connectivity index (χ1n) is 15.4. The quantitative estimate of drug-likeness (QED) is 0.182. The number of H-pyrrole nitrogens is 1. The van der Waals surface area contributed by atoms with Crippen molar-refractivity contribution >= 4 is 23.3 Å². The number of carbonyl (C=O) groups is 1. The first-order valence-corrected chi connectivity index (χ1v) is 15.7. The first-order chi connectivity index (χ1) is 22.0. The molecular weight excluding hydrogens is 588 g/mol. The summed E-state index contributed by atoms with van der Waals surface area (Å²) in [7, 11) is 2.14. The third kappa shape index (κ3) is 7.08. The number of halogens is 1. The number of tetrazole rings is 1. The number of unbranched alkanes of at least 4 members (excludes halogenated alkanes) is 1. The number of aryl methyl sites for hydroxylation is 1. The number of aromatic amines is 1. The minimum absolute atomic E-state index is 0.0349. The molecule has 3 heterocycles. The van der Waals surface area contributed by atoms with Crippen LogP contribution in [0.2, 0.25) is 5.15 Å². The van der Waals surface area contributed by atoms with Crippen molar-refractivity contribution in [1.82, 2.24) is 35.1 Å². The Balaban J connectivity index is 1.17. The topological polar surface area (TPSA) is 105 Å². The number of anilines is 1. The van der Waals surface area contributed by atoms with Crippen LogP contribution in [0, 0.1) is 0 Å². The fourth-order valence-electron chi connectivity index (χ4n) is 5.62. The lowest BCUT2D eigenvalue weighted by molar-refractivity contribution is 0.0464. The third-order valence-corrected chi connectivity index (χ3v) is 8.59. The number of piperazine rings is 1. The molecule has 0 atom stereocenters. The van der Waals surface area contributed by atoms with E-state index in [2.05, 4.69) is 78.2 Å². The molecule has 0 amide bonds. The SMILES string of the molecule is CCCCc1nc(Cl)c(COC(=O)c2ccc(N3CCN(C)CC3)cc2)n1Cc1ccc(-c2ccccc2-c2nn[nH]n2)cc1. The molecule has 0 unspecified atom stereocenters. The molecule has 0 saturated carbocycles. The molecule has 232 valence electrons. The van der Waals surface area contributed by atoms with Gasteiger partial charge in [-0.05, 0) is 59.6 Å². The molecule has 1 aliphatic heterocycles. The van der Waals surface area contributed by atoms with Crippen molar-refractivity contribution < 1.29 is 9.53 Å². The van der Waals surface area contributed by atoms with Gasteiger partial charge in [0.15, 0.2) is 5.15 Å². The number of hydrogen-bond acceptors (Lipinski definition) is 8. The Bertz CT molecular complexity index is 1710. The monoisotopic (exact) mass is 624 g/mol. The number of nitrogens with one attached hydrogen (secondary N) is 1. The van der Waals surface area contributed by atoms with Crippen LogP contribution in [0.3, 0.4) is 0 Å². The largest absolute Gasteiger partial charge is 0.456 e. The van der Waals surface area contributed by atoms with Crippen LogP contribution in [-0.2, 0) is 24.3 Å². The zero-order chi connectivity index (χ0) is 31.2. The van der Waals surface area contributed by atoms with Crippen LogP contribution in [0.5, 0.6) is 0 Å². The molecule has 0 radical (unpaired) electrons. The number of rotatable bonds is 11. The molecule has 1 fully saturated rings. The smallest absolute Gasteiger partial charge is 0.338 e. The minimum atomic E-state index is -0.386. The van der Waals surface area contributed by atoms with E-state index in [-0.39, 0.29) is 12.6 Å². The van der Waals surface area contributed by atoms with Gasteiger partial charge in [-0.25, -0.2) is 9.78 Å². The predicted octanol–water partition coefficient (Wildman–Crippen LogP) is 5.88. The van der Waals surface area contributed by atoms with Crippen molar-refractivity contribution in [3.05, 3.63) is 101 Å². The zero-order valence-electron chi connectivity index (χ0n) is 25.6. The minimum Gasteiger partial charge on any atom is -0.456 e. The fraction of sp³-hybridized carbons (Fsp3) is 0.324. The Morgan fingerprint density at radius 2 is 1.69 bits per heavy atom. The number of hydrogen-bond donors (Lipinski definition) is 1. The number of carbonyl (C=O) groups excluding carboxylic acids is 1. The van der Waals surface area contributed by atoms with Crippen LogP contribution in [0.15, 0.2) is 72.8 Å². The van der Waals surface area contributed by atoms with Gasteiger partial charge in [0, 0.05) is 50.4 Å². The summed E-state index contributed by atoms with van der Waals surface area (Å²) in [6, 6.07) is 24.0. The van der Waals surface area contributed by atoms with Gasteiger partial charge in [0.1, 0.15) is 12.4 Å². The maximum atomic E-state index is 13.1. The molecular formula is C34H37ClN8O2. The van der Waals surface area contributed by atoms with E-state index in [0.29, 0.717) is 28.8 Å². The molecule has 10 nitrogen and oxygen atoms in total. The normalized spacial score (nSPS) is 13.7. The summed E-state index contributed by atoms with van der Waals surface area (Å²) in [6.45, 7) is 6.73. The molecule has 0 bridgehead atoms. The molecule has 6 rings (SSSR count). The second-order valence-electron chi connectivity index (χ2n) is 11.3. The van der Waals surface area contributed by atoms with Gasteiger partial charge in [0.2, 0.25) is 5.82 Å². The van der Waals surface area contributed by atoms with Gasteiger partial charge < -0.3 is 19.1 Å². The summed E-state index contributed by atoms with van der Waals surface area (Å²) in [6.07, 6.45) is 2.81. The lowest BCUT2D eigenvalue weighted by Gasteiger charge is -2.34. The number of esters is 1. The standard InChI is InChI=1S/C34H37ClN8O2/c1-3-4-9-31-36-32(35)30(23-45-34(44)26-14-16-27(17-15-26)42-20-18-41(2)19-21-42)43(31)22-24-10-12-25(13-11-24)28-7-5-6-8-29(28)33-37-39-40-38-33/h5-8,10-17H,3-4,9,18-23H2,1-2H3,(H,37,38,39,40). The van der Waals surface area contributed by atoms with E-state index in [1.807, 2.05) is 48.5 Å². The highest BCUT2D eigenvalue weighted by Gasteiger charge is 2.20. The number of imidazole rings is 1. The van der Waals surface area contributed by atoms with Crippen molar-refractivity contribution in [2.75, 3.05) is 38.1 Å². The van der Waals surface area contributed by atoms with Gasteiger partial charge in [-0.15, -0.1) is 10.2 Å². The van der Waals surface area contributed by atoms with Gasteiger partial charge in [-0.3, -0.25) is 0 Å². The number of benzene rings is 3. The zero-order valence-corrected chi connectivity index (χ0v) is 26.4. The molecule has 45 heavy (non-hydrogen) atoms. The Morgan fingerprint density at radius 3 is 2.38 bits per heavy atom. The molecule has 1 saturated heterocycles. The number of ether oxygens (including phenoxy) is 1. The van der Waals surface area contributed by atoms with Crippen molar-refractivity contribution in [2.24, 2.45) is 0 Å². The van der Waals surface area contributed by atoms with E-state index in [4.69, 9.17) is 16.3 Å². The summed E-state index contributed by atoms with van der Waals surface area (Å²) in [5, 5.41) is 14.9. The van der Waals surface area contributed by atoms with Crippen molar-refractivity contribution in [1.29, 1.82) is 0 Å². The molecule has 2 aromatic heterocycles. The Morgan fingerprint density at radius 1 is 0.956 bits per heavy atom. The fourth-order valence-corrected chi connectivity index (χ4v) is 5.88. The van der Waals surface area contributed by atoms with Crippen molar-refractivity contribution in [3.63, 3.8) is 0 Å². The van der Waals surface area contributed by atoms with E-state index >= 15 is 0 Å². The lowest BCUT2D eigenvalue weighted by Crippen LogP contribution is -2.44. The molecule has 0 aliphatic carbocycles. The lowest BCUT2D eigenvalue weighted by atomic mass is 9.98. The summed E-state index contributed by atoms with van der Waals surface area (Å²) in [4.78, 5) is 22.4. The van der Waals surface area contributed by atoms with E-state index in [1.165, 1.54) is 0 Å². The second kappa shape index (κ2) is 14.0. The highest BCUT2D eigenvalue weighted by molar-refractivity contribution is 6.30. The Hall–Kier alpha value is -4.54. The van der Waals surface area contributed by atoms with Crippen LogP contribution in [0.4, 0.5) is 5.69 Å². The molecule has 0 spiro atoms. The van der Waals surface area contributed by atoms with E-state index in [0.717, 1.165) is 79.2 Å². The van der Waals surface area contributed by atoms with Crippen LogP contribution in [0.25, 0.3) is 22.5 Å². The van der Waals surface area contributed by atoms with E-state index in [1.54, 1.807) is 0 Å². The van der Waals surface area contributed by atoms with Crippen LogP contribution < -0.4 is 4.90 Å². The Labute approximate surface area is 268 Å². The number of likely N-dealkylation sites (N-methyl/N-ethyl adjacent to an activating group) is 1. The summed E-state index contributed by atoms with van der Waals surface area (Å²) < 4.78 is 7.88. The molecule has 3 aromatic carbocycles. The van der Waals surface area contributed by atoms with E-state index < -0.39 is 0 Å². The van der Waals surface area contributed by atoms with Gasteiger partial charge in [0.05, 0.1) is 11.3 Å². The van der Waals surface area contributed by atoms with Crippen molar-refractivity contribution in [3.8, 4) is 22.5 Å². The van der Waals surface area contributed by atoms with Crippen LogP contribution in [-0.4, -0.2) is 74.3 Å². The maximum Gasteiger partial charge on any atom is 0.338 e. The van der Waals surface area contributed by atoms with Crippen molar-refractivity contribution in [2.45, 2.75) is 39.3 Å². The van der Waals surface area contributed by atoms with Crippen LogP contribution in [0.1, 0.15) is 47.2 Å². The summed E-state index contributed by atoms with van der Waals surface area (Å²) in [5.74, 6) is 1.05. The molecule has 11 heteroatoms. The van der Waals surface area contributed by atoms with Gasteiger partial charge in [0.25, 0.3) is 0 Å². The molecule has 5 aromatic rings. The third-order valence-electron chi connectivity index (χ3n) is 8.29. The van der Waals surface area contributed by atoms with Gasteiger partial charge in [-0.2, -0.15) is 5.21 Å². The second-order valence-corrected chi connectivity index (χ2v) is 11.7. The number of nitrogens with zero attached hydrogens (tertiary/aromatic N) is 7. The predicted molar refractivity (Wildman–Crippen MR) is 175 cm³/mol. The van der Waals surface area contributed by atoms with E-state index in [9.17, 15) is 4.79 Å². The Kier molecular flexibility index (Phi) is 9.52. The average molecular weight is 625 g/mol. The maximum absolute atomic E-state index is 13.1. The average Bonchev–Trinajstić information content (AvgIpc) is 3.71. The van der Waals surface area contributed by atoms with Gasteiger partial charge >= 0.3 is 5.97 Å². The van der Waals surface area contributed by atoms with Crippen LogP contribution >= 0.6 is 11.6 Å². The summed E-state index contributed by atoms with van der Waals surface area (Å²) in [5.41, 5.74) is 6.36. The highest BCUT2D eigenvalue weighted by atomic mass is 35.5. The van der Waals surface area contributed by atoms with Gasteiger partial charge in [-0.1, -0.05) is 73.5 Å². The molecule has 1 aliphatic rings. The first kappa shape index (κ1) is 30.5. The summed E-state index contributed by atoms with van der Waals surface area (Å²) >= 11 is 6.66. The number of aromatic nitrogens is 6. The molecule has 1 N–H and O–H groups in total. The highest BCUT2D eigenvalue weighted by Crippen LogP contribution is 2.30.